The van der Waals surface area contributed by atoms with Crippen LogP contribution in [0.3, 0.4) is 0 Å². The van der Waals surface area contributed by atoms with Crippen LogP contribution in [0.1, 0.15) is 23.7 Å². The largest absolute Gasteiger partial charge is 0.469 e. The highest BCUT2D eigenvalue weighted by Crippen LogP contribution is 2.37. The Hall–Kier alpha value is -4.16. The van der Waals surface area contributed by atoms with Crippen molar-refractivity contribution in [1.29, 1.82) is 0 Å². The highest BCUT2D eigenvalue weighted by Gasteiger charge is 2.24. The van der Waals surface area contributed by atoms with Gasteiger partial charge in [-0.2, -0.15) is 4.99 Å². The number of carbonyl (C=O) groups is 2. The second-order valence-corrected chi connectivity index (χ2v) is 11.4. The van der Waals surface area contributed by atoms with Crippen LogP contribution in [-0.2, 0) is 26.1 Å². The fourth-order valence-corrected chi connectivity index (χ4v) is 6.74. The minimum atomic E-state index is -3.83. The third-order valence-corrected chi connectivity index (χ3v) is 9.12. The Balaban J connectivity index is 1.47. The first-order valence-corrected chi connectivity index (χ1v) is 14.3. The molecule has 0 aliphatic carbocycles. The fourth-order valence-electron chi connectivity index (χ4n) is 4.20. The van der Waals surface area contributed by atoms with Gasteiger partial charge < -0.3 is 18.8 Å². The Morgan fingerprint density at radius 2 is 1.74 bits per heavy atom. The molecule has 3 aromatic carbocycles. The number of nitrogens with zero attached hydrogens (tertiary/aromatic N) is 3. The van der Waals surface area contributed by atoms with Gasteiger partial charge in [-0.25, -0.2) is 8.42 Å². The molecule has 1 aliphatic heterocycles. The molecule has 1 aliphatic rings. The van der Waals surface area contributed by atoms with Crippen molar-refractivity contribution in [2.75, 3.05) is 24.8 Å². The summed E-state index contributed by atoms with van der Waals surface area (Å²) in [4.78, 5) is 29.7. The quantitative estimate of drug-likeness (QED) is 0.296. The summed E-state index contributed by atoms with van der Waals surface area (Å²) >= 11 is 1.27. The molecule has 0 fully saturated rings. The summed E-state index contributed by atoms with van der Waals surface area (Å²) in [7, 11) is -2.52. The third-order valence-electron chi connectivity index (χ3n) is 6.16. The number of aryl methyl sites for hydroxylation is 1. The number of fused-ring (bicyclic) bond motifs is 2. The predicted molar refractivity (Wildman–Crippen MR) is 146 cm³/mol. The number of hydrogen-bond acceptors (Lipinski definition) is 8. The molecular weight excluding hydrogens is 542 g/mol. The number of thiazole rings is 1. The third kappa shape index (κ3) is 5.25. The lowest BCUT2D eigenvalue weighted by atomic mass is 10.2. The number of hydrogen-bond donors (Lipinski definition) is 0. The predicted octanol–water partition coefficient (Wildman–Crippen LogP) is 3.95. The normalized spacial score (nSPS) is 13.0. The number of methoxy groups -OCH3 is 1. The summed E-state index contributed by atoms with van der Waals surface area (Å²) in [6.45, 7) is 2.37. The van der Waals surface area contributed by atoms with Crippen molar-refractivity contribution >= 4 is 49.1 Å². The van der Waals surface area contributed by atoms with Gasteiger partial charge >= 0.3 is 5.97 Å². The summed E-state index contributed by atoms with van der Waals surface area (Å²) in [6.07, 6.45) is 0.0834. The summed E-state index contributed by atoms with van der Waals surface area (Å²) in [5.74, 6) is 0.217. The molecule has 12 heteroatoms. The van der Waals surface area contributed by atoms with E-state index in [1.807, 2.05) is 12.1 Å². The second kappa shape index (κ2) is 10.9. The second-order valence-electron chi connectivity index (χ2n) is 8.48. The lowest BCUT2D eigenvalue weighted by molar-refractivity contribution is -0.140. The lowest BCUT2D eigenvalue weighted by Gasteiger charge is -2.22. The topological polar surface area (TPSA) is 117 Å². The Bertz CT molecular complexity index is 1710. The summed E-state index contributed by atoms with van der Waals surface area (Å²) in [5.41, 5.74) is 1.52. The van der Waals surface area contributed by atoms with Gasteiger partial charge in [0.15, 0.2) is 16.3 Å². The van der Waals surface area contributed by atoms with Crippen LogP contribution in [0.2, 0.25) is 0 Å². The van der Waals surface area contributed by atoms with Crippen molar-refractivity contribution in [3.63, 3.8) is 0 Å². The van der Waals surface area contributed by atoms with Crippen LogP contribution in [0.25, 0.3) is 10.2 Å². The molecule has 0 saturated carbocycles. The molecule has 0 N–H and O–H groups in total. The first kappa shape index (κ1) is 26.4. The molecule has 0 atom stereocenters. The molecule has 5 rings (SSSR count). The van der Waals surface area contributed by atoms with Crippen molar-refractivity contribution in [2.45, 2.75) is 24.8 Å². The van der Waals surface area contributed by atoms with Crippen LogP contribution in [0, 0.1) is 0 Å². The monoisotopic (exact) mass is 567 g/mol. The summed E-state index contributed by atoms with van der Waals surface area (Å²) in [5, 5.41) is 0. The van der Waals surface area contributed by atoms with E-state index in [2.05, 4.69) is 4.99 Å². The molecule has 202 valence electrons. The lowest BCUT2D eigenvalue weighted by Crippen LogP contribution is -2.30. The van der Waals surface area contributed by atoms with Gasteiger partial charge in [0.1, 0.15) is 0 Å². The molecule has 0 spiro atoms. The van der Waals surface area contributed by atoms with Crippen LogP contribution in [0.4, 0.5) is 5.69 Å². The number of esters is 1. The van der Waals surface area contributed by atoms with E-state index in [9.17, 15) is 18.0 Å². The van der Waals surface area contributed by atoms with Crippen LogP contribution >= 0.6 is 11.3 Å². The number of carbonyl (C=O) groups excluding carboxylic acids is 2. The average molecular weight is 568 g/mol. The van der Waals surface area contributed by atoms with Gasteiger partial charge in [-0.3, -0.25) is 13.9 Å². The number of sulfonamides is 1. The summed E-state index contributed by atoms with van der Waals surface area (Å²) in [6, 6.07) is 18.1. The number of anilines is 1. The van der Waals surface area contributed by atoms with Gasteiger partial charge in [-0.15, -0.1) is 0 Å². The van der Waals surface area contributed by atoms with E-state index < -0.39 is 21.9 Å². The molecule has 0 radical (unpaired) electrons. The van der Waals surface area contributed by atoms with E-state index in [1.165, 1.54) is 47.0 Å². The number of aromatic nitrogens is 1. The standard InChI is InChI=1S/C27H25N3O7S2/c1-3-30(19-7-5-4-6-8-19)39(33,34)20-11-9-18(10-12-20)26(32)28-27-29(14-13-25(31)35-2)21-15-22-23(37-17-36-22)16-24(21)38-27/h4-12,15-16H,3,13-14,17H2,1-2H3. The zero-order valence-electron chi connectivity index (χ0n) is 21.2. The van der Waals surface area contributed by atoms with Crippen molar-refractivity contribution < 1.29 is 32.2 Å². The molecule has 2 heterocycles. The van der Waals surface area contributed by atoms with E-state index in [0.717, 1.165) is 10.2 Å². The summed E-state index contributed by atoms with van der Waals surface area (Å²) < 4.78 is 46.1. The smallest absolute Gasteiger partial charge is 0.307 e. The average Bonchev–Trinajstić information content (AvgIpc) is 3.54. The molecule has 10 nitrogen and oxygen atoms in total. The highest BCUT2D eigenvalue weighted by atomic mass is 32.2. The molecule has 39 heavy (non-hydrogen) atoms. The van der Waals surface area contributed by atoms with Gasteiger partial charge in [0, 0.05) is 30.8 Å². The van der Waals surface area contributed by atoms with Gasteiger partial charge in [0.05, 0.1) is 34.3 Å². The molecule has 0 bridgehead atoms. The first-order chi connectivity index (χ1) is 18.8. The first-order valence-electron chi connectivity index (χ1n) is 12.1. The zero-order chi connectivity index (χ0) is 27.6. The van der Waals surface area contributed by atoms with Crippen molar-refractivity contribution in [3.8, 4) is 11.5 Å². The van der Waals surface area contributed by atoms with E-state index in [0.29, 0.717) is 22.0 Å². The molecular formula is C27H25N3O7S2. The van der Waals surface area contributed by atoms with Crippen molar-refractivity contribution in [3.05, 3.63) is 77.1 Å². The van der Waals surface area contributed by atoms with Gasteiger partial charge in [-0.1, -0.05) is 29.5 Å². The number of amides is 1. The number of benzene rings is 3. The highest BCUT2D eigenvalue weighted by molar-refractivity contribution is 7.92. The maximum atomic E-state index is 13.3. The van der Waals surface area contributed by atoms with Crippen LogP contribution in [-0.4, -0.2) is 45.3 Å². The Labute approximate surface area is 228 Å². The van der Waals surface area contributed by atoms with Crippen molar-refractivity contribution in [1.82, 2.24) is 4.57 Å². The fraction of sp³-hybridized carbons (Fsp3) is 0.222. The molecule has 0 unspecified atom stereocenters. The maximum Gasteiger partial charge on any atom is 0.307 e. The molecule has 0 saturated heterocycles. The molecule has 1 amide bonds. The van der Waals surface area contributed by atoms with Gasteiger partial charge in [-0.05, 0) is 43.3 Å². The number of rotatable bonds is 8. The maximum absolute atomic E-state index is 13.3. The van der Waals surface area contributed by atoms with E-state index in [1.54, 1.807) is 41.8 Å². The van der Waals surface area contributed by atoms with Crippen LogP contribution in [0.5, 0.6) is 11.5 Å². The van der Waals surface area contributed by atoms with E-state index in [4.69, 9.17) is 14.2 Å². The number of ether oxygens (including phenoxy) is 3. The zero-order valence-corrected chi connectivity index (χ0v) is 22.8. The van der Waals surface area contributed by atoms with Gasteiger partial charge in [0.25, 0.3) is 15.9 Å². The molecule has 4 aromatic rings. The Morgan fingerprint density at radius 1 is 1.05 bits per heavy atom. The minimum absolute atomic E-state index is 0.0641. The number of para-hydroxylation sites is 1. The Kier molecular flexibility index (Phi) is 7.40. The van der Waals surface area contributed by atoms with Crippen LogP contribution < -0.4 is 18.6 Å². The molecule has 1 aromatic heterocycles. The van der Waals surface area contributed by atoms with E-state index in [-0.39, 0.29) is 36.8 Å². The van der Waals surface area contributed by atoms with Gasteiger partial charge in [0.2, 0.25) is 6.79 Å². The SMILES string of the molecule is CCN(c1ccccc1)S(=O)(=O)c1ccc(C(=O)N=c2sc3cc4c(cc3n2CCC(=O)OC)OCO4)cc1. The van der Waals surface area contributed by atoms with Crippen LogP contribution in [0.15, 0.2) is 76.6 Å². The Morgan fingerprint density at radius 3 is 2.41 bits per heavy atom. The minimum Gasteiger partial charge on any atom is -0.469 e. The van der Waals surface area contributed by atoms with Crippen molar-refractivity contribution in [2.24, 2.45) is 4.99 Å². The van der Waals surface area contributed by atoms with E-state index >= 15 is 0 Å².